The van der Waals surface area contributed by atoms with Gasteiger partial charge in [0.1, 0.15) is 4.47 Å². The van der Waals surface area contributed by atoms with Gasteiger partial charge in [0.15, 0.2) is 0 Å². The van der Waals surface area contributed by atoms with E-state index >= 15 is 0 Å². The van der Waals surface area contributed by atoms with E-state index in [1.54, 1.807) is 24.8 Å². The molecule has 0 radical (unpaired) electrons. The fourth-order valence-electron chi connectivity index (χ4n) is 1.84. The van der Waals surface area contributed by atoms with Gasteiger partial charge in [-0.1, -0.05) is 6.08 Å². The van der Waals surface area contributed by atoms with E-state index in [-0.39, 0.29) is 11.6 Å². The van der Waals surface area contributed by atoms with Crippen molar-refractivity contribution >= 4 is 21.6 Å². The van der Waals surface area contributed by atoms with Gasteiger partial charge in [-0.25, -0.2) is 9.67 Å². The zero-order valence-corrected chi connectivity index (χ0v) is 12.7. The first-order valence-electron chi connectivity index (χ1n) is 6.20. The summed E-state index contributed by atoms with van der Waals surface area (Å²) in [5.41, 5.74) is 0.507. The third kappa shape index (κ3) is 3.36. The number of nitrogens with zero attached hydrogens (tertiary/aromatic N) is 4. The van der Waals surface area contributed by atoms with Crippen LogP contribution >= 0.6 is 15.9 Å². The Labute approximate surface area is 125 Å². The second-order valence-electron chi connectivity index (χ2n) is 4.45. The first-order chi connectivity index (χ1) is 9.61. The summed E-state index contributed by atoms with van der Waals surface area (Å²) in [4.78, 5) is 16.0. The van der Waals surface area contributed by atoms with Crippen LogP contribution in [0.1, 0.15) is 6.92 Å². The lowest BCUT2D eigenvalue weighted by atomic mass is 10.3. The fraction of sp³-hybridized carbons (Fsp3) is 0.308. The number of rotatable bonds is 6. The van der Waals surface area contributed by atoms with Crippen molar-refractivity contribution in [1.82, 2.24) is 19.3 Å². The molecule has 0 aromatic carbocycles. The Balaban J connectivity index is 2.11. The van der Waals surface area contributed by atoms with E-state index in [9.17, 15) is 4.79 Å². The Hall–Kier alpha value is -1.89. The van der Waals surface area contributed by atoms with Crippen LogP contribution in [0.2, 0.25) is 0 Å². The summed E-state index contributed by atoms with van der Waals surface area (Å²) in [6.45, 7) is 6.77. The quantitative estimate of drug-likeness (QED) is 0.817. The topological polar surface area (TPSA) is 64.7 Å². The Morgan fingerprint density at radius 1 is 1.60 bits per heavy atom. The smallest absolute Gasteiger partial charge is 0.283 e. The van der Waals surface area contributed by atoms with Gasteiger partial charge in [-0.2, -0.15) is 5.10 Å². The molecule has 106 valence electrons. The van der Waals surface area contributed by atoms with E-state index in [0.717, 1.165) is 6.54 Å². The first-order valence-corrected chi connectivity index (χ1v) is 7.00. The summed E-state index contributed by atoms with van der Waals surface area (Å²) in [7, 11) is 0. The molecule has 0 aliphatic rings. The van der Waals surface area contributed by atoms with Crippen molar-refractivity contribution in [3.8, 4) is 0 Å². The molecule has 0 aliphatic carbocycles. The largest absolute Gasteiger partial charge is 0.378 e. The van der Waals surface area contributed by atoms with E-state index in [0.29, 0.717) is 16.7 Å². The summed E-state index contributed by atoms with van der Waals surface area (Å²) in [6.07, 6.45) is 8.66. The zero-order valence-electron chi connectivity index (χ0n) is 11.2. The van der Waals surface area contributed by atoms with Crippen LogP contribution in [-0.2, 0) is 13.1 Å². The minimum atomic E-state index is -0.176. The maximum absolute atomic E-state index is 12.0. The molecule has 2 aromatic rings. The zero-order chi connectivity index (χ0) is 14.5. The highest BCUT2D eigenvalue weighted by Gasteiger charge is 2.10. The molecule has 6 nitrogen and oxygen atoms in total. The summed E-state index contributed by atoms with van der Waals surface area (Å²) in [6, 6.07) is 0.136. The Morgan fingerprint density at radius 3 is 3.05 bits per heavy atom. The lowest BCUT2D eigenvalue weighted by Gasteiger charge is -2.16. The highest BCUT2D eigenvalue weighted by molar-refractivity contribution is 9.10. The molecule has 2 aromatic heterocycles. The van der Waals surface area contributed by atoms with Crippen molar-refractivity contribution in [2.45, 2.75) is 26.1 Å². The van der Waals surface area contributed by atoms with Gasteiger partial charge in [0.25, 0.3) is 5.56 Å². The number of anilines is 1. The van der Waals surface area contributed by atoms with Crippen LogP contribution in [0, 0.1) is 0 Å². The summed E-state index contributed by atoms with van der Waals surface area (Å²) < 4.78 is 3.80. The number of hydrogen-bond donors (Lipinski definition) is 1. The molecular formula is C13H16BrN5O. The van der Waals surface area contributed by atoms with Gasteiger partial charge in [0, 0.05) is 25.0 Å². The normalized spacial score (nSPS) is 12.1. The fourth-order valence-corrected chi connectivity index (χ4v) is 2.26. The molecule has 2 heterocycles. The average Bonchev–Trinajstić information content (AvgIpc) is 2.91. The molecule has 20 heavy (non-hydrogen) atoms. The summed E-state index contributed by atoms with van der Waals surface area (Å²) in [5, 5.41) is 7.36. The van der Waals surface area contributed by atoms with Crippen LogP contribution in [0.3, 0.4) is 0 Å². The maximum Gasteiger partial charge on any atom is 0.283 e. The number of imidazole rings is 1. The number of allylic oxidation sites excluding steroid dienone is 1. The van der Waals surface area contributed by atoms with E-state index < -0.39 is 0 Å². The van der Waals surface area contributed by atoms with Crippen molar-refractivity contribution in [3.05, 3.63) is 52.4 Å². The van der Waals surface area contributed by atoms with E-state index in [1.807, 2.05) is 17.7 Å². The lowest BCUT2D eigenvalue weighted by Crippen LogP contribution is -2.27. The molecule has 7 heteroatoms. The van der Waals surface area contributed by atoms with Crippen molar-refractivity contribution in [2.24, 2.45) is 0 Å². The second-order valence-corrected chi connectivity index (χ2v) is 5.25. The molecular weight excluding hydrogens is 322 g/mol. The summed E-state index contributed by atoms with van der Waals surface area (Å²) >= 11 is 3.32. The monoisotopic (exact) mass is 337 g/mol. The third-order valence-corrected chi connectivity index (χ3v) is 3.50. The van der Waals surface area contributed by atoms with Crippen LogP contribution in [0.5, 0.6) is 0 Å². The molecule has 0 amide bonds. The lowest BCUT2D eigenvalue weighted by molar-refractivity contribution is 0.613. The third-order valence-electron chi connectivity index (χ3n) is 2.73. The molecule has 0 spiro atoms. The van der Waals surface area contributed by atoms with Crippen molar-refractivity contribution in [3.63, 3.8) is 0 Å². The maximum atomic E-state index is 12.0. The van der Waals surface area contributed by atoms with Crippen LogP contribution < -0.4 is 10.9 Å². The molecule has 1 atom stereocenters. The molecule has 1 unspecified atom stereocenters. The van der Waals surface area contributed by atoms with Crippen LogP contribution in [0.15, 0.2) is 46.8 Å². The first kappa shape index (κ1) is 14.5. The Bertz CT molecular complexity index is 635. The Morgan fingerprint density at radius 2 is 2.40 bits per heavy atom. The minimum absolute atomic E-state index is 0.136. The molecule has 0 bridgehead atoms. The highest BCUT2D eigenvalue weighted by atomic mass is 79.9. The van der Waals surface area contributed by atoms with Gasteiger partial charge in [0.05, 0.1) is 24.8 Å². The van der Waals surface area contributed by atoms with Gasteiger partial charge in [-0.05, 0) is 22.9 Å². The summed E-state index contributed by atoms with van der Waals surface area (Å²) in [5.74, 6) is 0. The van der Waals surface area contributed by atoms with Crippen LogP contribution in [0.25, 0.3) is 0 Å². The predicted molar refractivity (Wildman–Crippen MR) is 81.7 cm³/mol. The van der Waals surface area contributed by atoms with Gasteiger partial charge < -0.3 is 9.88 Å². The molecule has 0 saturated carbocycles. The Kier molecular flexibility index (Phi) is 4.73. The van der Waals surface area contributed by atoms with Gasteiger partial charge in [-0.3, -0.25) is 4.79 Å². The average molecular weight is 338 g/mol. The number of hydrogen-bond acceptors (Lipinski definition) is 4. The SMILES string of the molecule is C=CCn1ncc(NC(C)Cn2ccnc2)c(Br)c1=O. The van der Waals surface area contributed by atoms with E-state index in [4.69, 9.17) is 0 Å². The van der Waals surface area contributed by atoms with Gasteiger partial charge >= 0.3 is 0 Å². The number of nitrogens with one attached hydrogen (secondary N) is 1. The van der Waals surface area contributed by atoms with Crippen molar-refractivity contribution in [2.75, 3.05) is 5.32 Å². The number of aromatic nitrogens is 4. The molecule has 0 saturated heterocycles. The molecule has 1 N–H and O–H groups in total. The number of halogens is 1. The second kappa shape index (κ2) is 6.51. The molecule has 2 rings (SSSR count). The molecule has 0 fully saturated rings. The van der Waals surface area contributed by atoms with Crippen molar-refractivity contribution < 1.29 is 0 Å². The van der Waals surface area contributed by atoms with E-state index in [1.165, 1.54) is 4.68 Å². The van der Waals surface area contributed by atoms with Crippen LogP contribution in [-0.4, -0.2) is 25.4 Å². The highest BCUT2D eigenvalue weighted by Crippen LogP contribution is 2.17. The van der Waals surface area contributed by atoms with Crippen molar-refractivity contribution in [1.29, 1.82) is 0 Å². The standard InChI is InChI=1S/C13H16BrN5O/c1-3-5-19-13(20)12(14)11(7-16-19)17-10(2)8-18-6-4-15-9-18/h3-4,6-7,9-10,17H,1,5,8H2,2H3. The predicted octanol–water partition coefficient (Wildman–Crippen LogP) is 1.89. The van der Waals surface area contributed by atoms with E-state index in [2.05, 4.69) is 37.9 Å². The minimum Gasteiger partial charge on any atom is -0.378 e. The molecule has 0 aliphatic heterocycles. The van der Waals surface area contributed by atoms with Gasteiger partial charge in [0.2, 0.25) is 0 Å². The van der Waals surface area contributed by atoms with Gasteiger partial charge in [-0.15, -0.1) is 6.58 Å². The van der Waals surface area contributed by atoms with Crippen LogP contribution in [0.4, 0.5) is 5.69 Å².